The number of allylic oxidation sites excluding steroid dienone is 2. The van der Waals surface area contributed by atoms with E-state index in [0.29, 0.717) is 17.4 Å². The van der Waals surface area contributed by atoms with Crippen molar-refractivity contribution >= 4 is 0 Å². The second-order valence-electron chi connectivity index (χ2n) is 8.52. The fourth-order valence-electron chi connectivity index (χ4n) is 6.91. The molecule has 4 rings (SSSR count). The van der Waals surface area contributed by atoms with Crippen LogP contribution in [0.4, 0.5) is 0 Å². The zero-order valence-corrected chi connectivity index (χ0v) is 13.0. The zero-order chi connectivity index (χ0) is 13.8. The van der Waals surface area contributed by atoms with Gasteiger partial charge in [-0.3, -0.25) is 0 Å². The van der Waals surface area contributed by atoms with E-state index in [1.807, 2.05) is 0 Å². The Bertz CT molecular complexity index is 414. The quantitative estimate of drug-likeness (QED) is 0.695. The van der Waals surface area contributed by atoms with Gasteiger partial charge in [0.1, 0.15) is 0 Å². The van der Waals surface area contributed by atoms with Crippen LogP contribution >= 0.6 is 0 Å². The predicted molar refractivity (Wildman–Crippen MR) is 82.3 cm³/mol. The average molecular weight is 274 g/mol. The van der Waals surface area contributed by atoms with Crippen molar-refractivity contribution in [3.05, 3.63) is 12.2 Å². The molecule has 0 amide bonds. The van der Waals surface area contributed by atoms with E-state index >= 15 is 0 Å². The Morgan fingerprint density at radius 1 is 1.05 bits per heavy atom. The largest absolute Gasteiger partial charge is 0.396 e. The summed E-state index contributed by atoms with van der Waals surface area (Å²) in [6.07, 6.45) is 17.2. The van der Waals surface area contributed by atoms with Gasteiger partial charge in [0.05, 0.1) is 0 Å². The van der Waals surface area contributed by atoms with Crippen molar-refractivity contribution in [3.8, 4) is 0 Å². The minimum absolute atomic E-state index is 0.328. The Kier molecular flexibility index (Phi) is 3.07. The molecule has 0 saturated heterocycles. The van der Waals surface area contributed by atoms with Crippen LogP contribution in [0.1, 0.15) is 64.7 Å². The Morgan fingerprint density at radius 3 is 2.80 bits per heavy atom. The molecule has 0 aromatic carbocycles. The highest BCUT2D eigenvalue weighted by Gasteiger charge is 2.57. The molecule has 0 radical (unpaired) electrons. The van der Waals surface area contributed by atoms with Crippen LogP contribution in [-0.2, 0) is 0 Å². The van der Waals surface area contributed by atoms with Crippen LogP contribution in [0.15, 0.2) is 12.2 Å². The van der Waals surface area contributed by atoms with Crippen molar-refractivity contribution in [2.75, 3.05) is 6.61 Å². The SMILES string of the molecule is C[C@]12CC=CCC1CC[C@H]1[C@@H]3CCC[C@@]3(CO)CC[C@@H]12. The van der Waals surface area contributed by atoms with Crippen LogP contribution in [0.25, 0.3) is 0 Å². The third-order valence-electron chi connectivity index (χ3n) is 8.05. The first kappa shape index (κ1) is 13.4. The molecule has 3 saturated carbocycles. The summed E-state index contributed by atoms with van der Waals surface area (Å²) in [5, 5.41) is 10.0. The van der Waals surface area contributed by atoms with Gasteiger partial charge in [0, 0.05) is 6.61 Å². The first-order valence-corrected chi connectivity index (χ1v) is 8.95. The van der Waals surface area contributed by atoms with Crippen molar-refractivity contribution in [1.82, 2.24) is 0 Å². The number of rotatable bonds is 1. The molecular weight excluding hydrogens is 244 g/mol. The highest BCUT2D eigenvalue weighted by molar-refractivity contribution is 5.11. The number of fused-ring (bicyclic) bond motifs is 5. The fourth-order valence-corrected chi connectivity index (χ4v) is 6.91. The van der Waals surface area contributed by atoms with E-state index in [9.17, 15) is 5.11 Å². The van der Waals surface area contributed by atoms with Gasteiger partial charge in [-0.05, 0) is 85.9 Å². The van der Waals surface area contributed by atoms with Crippen LogP contribution in [0.2, 0.25) is 0 Å². The van der Waals surface area contributed by atoms with Crippen molar-refractivity contribution in [3.63, 3.8) is 0 Å². The molecule has 1 N–H and O–H groups in total. The monoisotopic (exact) mass is 274 g/mol. The Morgan fingerprint density at radius 2 is 1.95 bits per heavy atom. The van der Waals surface area contributed by atoms with Gasteiger partial charge in [0.25, 0.3) is 0 Å². The summed E-state index contributed by atoms with van der Waals surface area (Å²) >= 11 is 0. The van der Waals surface area contributed by atoms with Gasteiger partial charge >= 0.3 is 0 Å². The topological polar surface area (TPSA) is 20.2 Å². The van der Waals surface area contributed by atoms with E-state index in [0.717, 1.165) is 23.7 Å². The molecule has 1 nitrogen and oxygen atoms in total. The minimum Gasteiger partial charge on any atom is -0.396 e. The van der Waals surface area contributed by atoms with Gasteiger partial charge in [-0.1, -0.05) is 25.5 Å². The van der Waals surface area contributed by atoms with E-state index in [1.165, 1.54) is 57.8 Å². The molecule has 1 heteroatoms. The lowest BCUT2D eigenvalue weighted by Crippen LogP contribution is -2.52. The van der Waals surface area contributed by atoms with Gasteiger partial charge in [-0.15, -0.1) is 0 Å². The van der Waals surface area contributed by atoms with E-state index in [-0.39, 0.29) is 0 Å². The molecule has 112 valence electrons. The molecule has 0 spiro atoms. The molecule has 0 aromatic rings. The number of aliphatic hydroxyl groups excluding tert-OH is 1. The normalized spacial score (nSPS) is 54.1. The van der Waals surface area contributed by atoms with Gasteiger partial charge < -0.3 is 5.11 Å². The summed E-state index contributed by atoms with van der Waals surface area (Å²) in [6, 6.07) is 0. The highest BCUT2D eigenvalue weighted by atomic mass is 16.3. The van der Waals surface area contributed by atoms with E-state index in [4.69, 9.17) is 0 Å². The van der Waals surface area contributed by atoms with Gasteiger partial charge in [0.2, 0.25) is 0 Å². The molecule has 1 unspecified atom stereocenters. The Balaban J connectivity index is 1.66. The maximum absolute atomic E-state index is 10.0. The van der Waals surface area contributed by atoms with E-state index in [2.05, 4.69) is 19.1 Å². The fraction of sp³-hybridized carbons (Fsp3) is 0.895. The minimum atomic E-state index is 0.328. The molecule has 0 bridgehead atoms. The van der Waals surface area contributed by atoms with Crippen LogP contribution in [0.3, 0.4) is 0 Å². The average Bonchev–Trinajstić information content (AvgIpc) is 2.91. The van der Waals surface area contributed by atoms with Gasteiger partial charge in [-0.2, -0.15) is 0 Å². The van der Waals surface area contributed by atoms with Crippen molar-refractivity contribution in [2.24, 2.45) is 34.5 Å². The summed E-state index contributed by atoms with van der Waals surface area (Å²) in [5.74, 6) is 3.65. The number of aliphatic hydroxyl groups is 1. The summed E-state index contributed by atoms with van der Waals surface area (Å²) in [5.41, 5.74) is 0.900. The molecule has 20 heavy (non-hydrogen) atoms. The van der Waals surface area contributed by atoms with Crippen LogP contribution in [0, 0.1) is 34.5 Å². The van der Waals surface area contributed by atoms with Crippen molar-refractivity contribution < 1.29 is 5.11 Å². The molecule has 0 heterocycles. The molecule has 3 fully saturated rings. The van der Waals surface area contributed by atoms with Crippen LogP contribution in [-0.4, -0.2) is 11.7 Å². The second-order valence-corrected chi connectivity index (χ2v) is 8.52. The Labute approximate surface area is 123 Å². The predicted octanol–water partition coefficient (Wildman–Crippen LogP) is 4.56. The molecular formula is C19H30O. The lowest BCUT2D eigenvalue weighted by molar-refractivity contribution is -0.105. The van der Waals surface area contributed by atoms with Crippen LogP contribution in [0.5, 0.6) is 0 Å². The number of hydrogen-bond acceptors (Lipinski definition) is 1. The molecule has 0 aliphatic heterocycles. The third-order valence-corrected chi connectivity index (χ3v) is 8.05. The molecule has 4 aliphatic rings. The lowest BCUT2D eigenvalue weighted by atomic mass is 9.46. The third kappa shape index (κ3) is 1.65. The molecule has 4 aliphatic carbocycles. The summed E-state index contributed by atoms with van der Waals surface area (Å²) in [7, 11) is 0. The van der Waals surface area contributed by atoms with Gasteiger partial charge in [0.15, 0.2) is 0 Å². The Hall–Kier alpha value is -0.300. The first-order valence-electron chi connectivity index (χ1n) is 8.95. The zero-order valence-electron chi connectivity index (χ0n) is 13.0. The van der Waals surface area contributed by atoms with Crippen LogP contribution < -0.4 is 0 Å². The summed E-state index contributed by atoms with van der Waals surface area (Å²) in [6.45, 7) is 3.06. The second kappa shape index (κ2) is 4.60. The van der Waals surface area contributed by atoms with Crippen molar-refractivity contribution in [2.45, 2.75) is 64.7 Å². The maximum atomic E-state index is 10.0. The smallest absolute Gasteiger partial charge is 0.0490 e. The standard InChI is InChI=1S/C19H30O/c1-18-10-3-2-5-14(18)7-8-15-16(18)9-12-19(13-20)11-4-6-17(15)19/h2-3,14-17,20H,4-13H2,1H3/t14?,15-,16+,17+,18+,19+/m1/s1. The first-order chi connectivity index (χ1) is 9.70. The maximum Gasteiger partial charge on any atom is 0.0490 e. The van der Waals surface area contributed by atoms with Gasteiger partial charge in [-0.25, -0.2) is 0 Å². The van der Waals surface area contributed by atoms with E-state index < -0.39 is 0 Å². The van der Waals surface area contributed by atoms with E-state index in [1.54, 1.807) is 0 Å². The molecule has 6 atom stereocenters. The highest BCUT2D eigenvalue weighted by Crippen LogP contribution is 2.65. The molecule has 0 aromatic heterocycles. The lowest BCUT2D eigenvalue weighted by Gasteiger charge is -2.59. The summed E-state index contributed by atoms with van der Waals surface area (Å²) in [4.78, 5) is 0. The number of hydrogen-bond donors (Lipinski definition) is 1. The summed E-state index contributed by atoms with van der Waals surface area (Å²) < 4.78 is 0. The van der Waals surface area contributed by atoms with Crippen molar-refractivity contribution in [1.29, 1.82) is 0 Å².